The lowest BCUT2D eigenvalue weighted by atomic mass is 10.1. The first-order chi connectivity index (χ1) is 9.51. The van der Waals surface area contributed by atoms with Crippen LogP contribution in [0.2, 0.25) is 0 Å². The normalized spacial score (nSPS) is 10.6. The molecular weight excluding hydrogens is 262 g/mol. The fourth-order valence-corrected chi connectivity index (χ4v) is 1.94. The number of carboxylic acid groups (broad SMARTS) is 1. The van der Waals surface area contributed by atoms with Gasteiger partial charge in [-0.05, 0) is 25.2 Å². The molecule has 7 nitrogen and oxygen atoms in total. The number of benzene rings is 1. The first kappa shape index (κ1) is 15.9. The van der Waals surface area contributed by atoms with Gasteiger partial charge in [-0.1, -0.05) is 19.9 Å². The molecule has 1 aromatic rings. The van der Waals surface area contributed by atoms with Gasteiger partial charge in [-0.15, -0.1) is 0 Å². The van der Waals surface area contributed by atoms with Crippen LogP contribution >= 0.6 is 0 Å². The predicted octanol–water partition coefficient (Wildman–Crippen LogP) is 2.05. The Hall–Kier alpha value is -2.15. The van der Waals surface area contributed by atoms with Crippen LogP contribution in [0.15, 0.2) is 18.2 Å². The summed E-state index contributed by atoms with van der Waals surface area (Å²) in [7, 11) is 0. The first-order valence-corrected chi connectivity index (χ1v) is 6.48. The van der Waals surface area contributed by atoms with E-state index < -0.39 is 10.9 Å². The summed E-state index contributed by atoms with van der Waals surface area (Å²) >= 11 is 0. The SMILES string of the molecule is CCN(CC)CCNc1cccc(C(=O)O)c1[N+](=O)[O-]. The number of hydrogen-bond acceptors (Lipinski definition) is 5. The van der Waals surface area contributed by atoms with Gasteiger partial charge < -0.3 is 15.3 Å². The van der Waals surface area contributed by atoms with Gasteiger partial charge in [0, 0.05) is 13.1 Å². The molecule has 0 unspecified atom stereocenters. The third-order valence-corrected chi connectivity index (χ3v) is 3.09. The molecule has 0 saturated carbocycles. The monoisotopic (exact) mass is 281 g/mol. The fraction of sp³-hybridized carbons (Fsp3) is 0.462. The third-order valence-electron chi connectivity index (χ3n) is 3.09. The summed E-state index contributed by atoms with van der Waals surface area (Å²) in [6.45, 7) is 7.13. The number of para-hydroxylation sites is 1. The van der Waals surface area contributed by atoms with Crippen molar-refractivity contribution in [3.8, 4) is 0 Å². The molecule has 20 heavy (non-hydrogen) atoms. The number of likely N-dealkylation sites (N-methyl/N-ethyl adjacent to an activating group) is 1. The van der Waals surface area contributed by atoms with Crippen LogP contribution in [0.3, 0.4) is 0 Å². The number of nitrogens with zero attached hydrogens (tertiary/aromatic N) is 2. The van der Waals surface area contributed by atoms with Crippen LogP contribution in [0.5, 0.6) is 0 Å². The van der Waals surface area contributed by atoms with E-state index in [0.717, 1.165) is 19.6 Å². The quantitative estimate of drug-likeness (QED) is 0.559. The van der Waals surface area contributed by atoms with E-state index >= 15 is 0 Å². The van der Waals surface area contributed by atoms with Crippen LogP contribution in [0.1, 0.15) is 24.2 Å². The average molecular weight is 281 g/mol. The number of nitrogens with one attached hydrogen (secondary N) is 1. The smallest absolute Gasteiger partial charge is 0.342 e. The fourth-order valence-electron chi connectivity index (χ4n) is 1.94. The van der Waals surface area contributed by atoms with Crippen LogP contribution in [0.4, 0.5) is 11.4 Å². The van der Waals surface area contributed by atoms with Crippen molar-refractivity contribution in [3.63, 3.8) is 0 Å². The number of rotatable bonds is 8. The lowest BCUT2D eigenvalue weighted by molar-refractivity contribution is -0.384. The molecule has 0 heterocycles. The van der Waals surface area contributed by atoms with Crippen molar-refractivity contribution < 1.29 is 14.8 Å². The molecule has 0 radical (unpaired) electrons. The Morgan fingerprint density at radius 1 is 1.40 bits per heavy atom. The number of aromatic carboxylic acids is 1. The second-order valence-electron chi connectivity index (χ2n) is 4.22. The molecule has 2 N–H and O–H groups in total. The van der Waals surface area contributed by atoms with E-state index in [1.807, 2.05) is 13.8 Å². The summed E-state index contributed by atoms with van der Waals surface area (Å²) < 4.78 is 0. The van der Waals surface area contributed by atoms with Crippen molar-refractivity contribution in [3.05, 3.63) is 33.9 Å². The van der Waals surface area contributed by atoms with Crippen LogP contribution in [-0.2, 0) is 0 Å². The minimum absolute atomic E-state index is 0.238. The van der Waals surface area contributed by atoms with E-state index in [0.29, 0.717) is 6.54 Å². The van der Waals surface area contributed by atoms with Gasteiger partial charge in [-0.3, -0.25) is 10.1 Å². The van der Waals surface area contributed by atoms with Crippen molar-refractivity contribution in [1.29, 1.82) is 0 Å². The number of hydrogen-bond donors (Lipinski definition) is 2. The summed E-state index contributed by atoms with van der Waals surface area (Å²) in [5.74, 6) is -1.30. The highest BCUT2D eigenvalue weighted by Crippen LogP contribution is 2.28. The van der Waals surface area contributed by atoms with Crippen molar-refractivity contribution >= 4 is 17.3 Å². The lowest BCUT2D eigenvalue weighted by Gasteiger charge is -2.18. The van der Waals surface area contributed by atoms with Crippen molar-refractivity contribution in [2.75, 3.05) is 31.5 Å². The zero-order valence-electron chi connectivity index (χ0n) is 11.6. The zero-order chi connectivity index (χ0) is 15.1. The number of carbonyl (C=O) groups is 1. The predicted molar refractivity (Wildman–Crippen MR) is 76.3 cm³/mol. The molecule has 0 saturated heterocycles. The van der Waals surface area contributed by atoms with E-state index in [9.17, 15) is 14.9 Å². The van der Waals surface area contributed by atoms with Gasteiger partial charge in [0.1, 0.15) is 11.3 Å². The summed E-state index contributed by atoms with van der Waals surface area (Å²) in [5.41, 5.74) is -0.454. The zero-order valence-corrected chi connectivity index (χ0v) is 11.6. The van der Waals surface area contributed by atoms with Gasteiger partial charge in [0.25, 0.3) is 0 Å². The summed E-state index contributed by atoms with van der Waals surface area (Å²) in [6, 6.07) is 4.25. The molecule has 0 spiro atoms. The van der Waals surface area contributed by atoms with Gasteiger partial charge in [-0.2, -0.15) is 0 Å². The average Bonchev–Trinajstić information content (AvgIpc) is 2.43. The molecule has 0 aromatic heterocycles. The molecule has 7 heteroatoms. The first-order valence-electron chi connectivity index (χ1n) is 6.48. The third kappa shape index (κ3) is 3.92. The summed E-state index contributed by atoms with van der Waals surface area (Å²) in [6.07, 6.45) is 0. The van der Waals surface area contributed by atoms with Gasteiger partial charge in [0.15, 0.2) is 0 Å². The highest BCUT2D eigenvalue weighted by atomic mass is 16.6. The van der Waals surface area contributed by atoms with Gasteiger partial charge in [0.05, 0.1) is 4.92 Å². The molecule has 0 atom stereocenters. The molecule has 1 aromatic carbocycles. The topological polar surface area (TPSA) is 95.7 Å². The molecule has 0 aliphatic heterocycles. The molecule has 0 fully saturated rings. The Bertz CT molecular complexity index is 487. The van der Waals surface area contributed by atoms with E-state index in [1.165, 1.54) is 18.2 Å². The highest BCUT2D eigenvalue weighted by molar-refractivity contribution is 5.95. The number of nitro benzene ring substituents is 1. The molecule has 1 rings (SSSR count). The largest absolute Gasteiger partial charge is 0.477 e. The van der Waals surface area contributed by atoms with Crippen LogP contribution in [-0.4, -0.2) is 47.1 Å². The second-order valence-corrected chi connectivity index (χ2v) is 4.22. The Labute approximate surface area is 117 Å². The van der Waals surface area contributed by atoms with Crippen molar-refractivity contribution in [1.82, 2.24) is 4.90 Å². The Balaban J connectivity index is 2.87. The molecule has 0 amide bonds. The maximum atomic E-state index is 11.0. The Kier molecular flexibility index (Phi) is 5.92. The minimum atomic E-state index is -1.30. The van der Waals surface area contributed by atoms with E-state index in [4.69, 9.17) is 5.11 Å². The highest BCUT2D eigenvalue weighted by Gasteiger charge is 2.23. The summed E-state index contributed by atoms with van der Waals surface area (Å²) in [4.78, 5) is 23.6. The van der Waals surface area contributed by atoms with E-state index in [1.54, 1.807) is 0 Å². The maximum Gasteiger partial charge on any atom is 0.342 e. The second kappa shape index (κ2) is 7.44. The summed E-state index contributed by atoms with van der Waals surface area (Å²) in [5, 5.41) is 23.0. The van der Waals surface area contributed by atoms with Crippen LogP contribution < -0.4 is 5.32 Å². The van der Waals surface area contributed by atoms with E-state index in [2.05, 4.69) is 10.2 Å². The van der Waals surface area contributed by atoms with E-state index in [-0.39, 0.29) is 16.9 Å². The van der Waals surface area contributed by atoms with Crippen LogP contribution in [0, 0.1) is 10.1 Å². The van der Waals surface area contributed by atoms with Gasteiger partial charge in [-0.25, -0.2) is 4.79 Å². The number of nitro groups is 1. The lowest BCUT2D eigenvalue weighted by Crippen LogP contribution is -2.28. The van der Waals surface area contributed by atoms with Crippen molar-refractivity contribution in [2.45, 2.75) is 13.8 Å². The molecule has 0 bridgehead atoms. The molecule has 0 aliphatic rings. The standard InChI is InChI=1S/C13H19N3O4/c1-3-15(4-2)9-8-14-11-7-5-6-10(13(17)18)12(11)16(19)20/h5-7,14H,3-4,8-9H2,1-2H3,(H,17,18). The molecular formula is C13H19N3O4. The van der Waals surface area contributed by atoms with Gasteiger partial charge in [0.2, 0.25) is 0 Å². The number of carboxylic acids is 1. The van der Waals surface area contributed by atoms with Crippen molar-refractivity contribution in [2.24, 2.45) is 0 Å². The van der Waals surface area contributed by atoms with Gasteiger partial charge >= 0.3 is 11.7 Å². The molecule has 0 aliphatic carbocycles. The molecule has 110 valence electrons. The number of anilines is 1. The van der Waals surface area contributed by atoms with Crippen LogP contribution in [0.25, 0.3) is 0 Å². The Morgan fingerprint density at radius 3 is 2.55 bits per heavy atom. The Morgan fingerprint density at radius 2 is 2.05 bits per heavy atom. The maximum absolute atomic E-state index is 11.0. The minimum Gasteiger partial charge on any atom is -0.477 e.